The smallest absolute Gasteiger partial charge is 0.241 e. The molecular weight excluding hydrogens is 452 g/mol. The van der Waals surface area contributed by atoms with Gasteiger partial charge in [0.15, 0.2) is 0 Å². The van der Waals surface area contributed by atoms with Gasteiger partial charge in [-0.05, 0) is 54.3 Å². The van der Waals surface area contributed by atoms with Crippen LogP contribution in [0.15, 0.2) is 85.2 Å². The van der Waals surface area contributed by atoms with Crippen molar-refractivity contribution in [3.8, 4) is 0 Å². The van der Waals surface area contributed by atoms with Gasteiger partial charge >= 0.3 is 0 Å². The van der Waals surface area contributed by atoms with Crippen molar-refractivity contribution >= 4 is 45.0 Å². The second-order valence-electron chi connectivity index (χ2n) is 8.90. The third-order valence-electron chi connectivity index (χ3n) is 6.30. The van der Waals surface area contributed by atoms with E-state index in [1.165, 1.54) is 0 Å². The van der Waals surface area contributed by atoms with Crippen LogP contribution >= 0.6 is 0 Å². The first kappa shape index (κ1) is 23.3. The van der Waals surface area contributed by atoms with Crippen molar-refractivity contribution in [2.24, 2.45) is 11.5 Å². The number of aromatic amines is 2. The molecule has 0 saturated heterocycles. The van der Waals surface area contributed by atoms with Gasteiger partial charge in [-0.2, -0.15) is 0 Å². The number of nitrogens with two attached hydrogens (primary N) is 2. The number of benzene rings is 3. The summed E-state index contributed by atoms with van der Waals surface area (Å²) >= 11 is 0. The molecule has 8 N–H and O–H groups in total. The molecule has 0 unspecified atom stereocenters. The SMILES string of the molecule is N[C@@H](Cc1c[nH]c2ccccc12)C(=O)Nc1cccc(NC(=O)[C@@H](N)Cc2c[nH]c3ccccc23)c1. The average Bonchev–Trinajstić information content (AvgIpc) is 3.48. The Balaban J connectivity index is 1.19. The maximum Gasteiger partial charge on any atom is 0.241 e. The number of carbonyl (C=O) groups excluding carboxylic acids is 2. The molecule has 0 fully saturated rings. The number of carbonyl (C=O) groups is 2. The Bertz CT molecular complexity index is 1420. The minimum Gasteiger partial charge on any atom is -0.361 e. The molecule has 8 nitrogen and oxygen atoms in total. The highest BCUT2D eigenvalue weighted by atomic mass is 16.2. The van der Waals surface area contributed by atoms with Crippen LogP contribution in [0.1, 0.15) is 11.1 Å². The van der Waals surface area contributed by atoms with E-state index in [2.05, 4.69) is 20.6 Å². The summed E-state index contributed by atoms with van der Waals surface area (Å²) in [6.45, 7) is 0. The fourth-order valence-electron chi connectivity index (χ4n) is 4.40. The van der Waals surface area contributed by atoms with Gasteiger partial charge in [-0.25, -0.2) is 0 Å². The van der Waals surface area contributed by atoms with Gasteiger partial charge in [0, 0.05) is 45.6 Å². The number of anilines is 2. The van der Waals surface area contributed by atoms with Gasteiger partial charge in [0.2, 0.25) is 11.8 Å². The van der Waals surface area contributed by atoms with Crippen molar-refractivity contribution in [2.75, 3.05) is 10.6 Å². The molecule has 2 heterocycles. The van der Waals surface area contributed by atoms with Crippen LogP contribution in [0.3, 0.4) is 0 Å². The molecule has 3 aromatic carbocycles. The Morgan fingerprint density at radius 3 is 1.58 bits per heavy atom. The van der Waals surface area contributed by atoms with Crippen LogP contribution in [-0.4, -0.2) is 33.9 Å². The minimum absolute atomic E-state index is 0.306. The van der Waals surface area contributed by atoms with Crippen molar-refractivity contribution in [3.63, 3.8) is 0 Å². The van der Waals surface area contributed by atoms with E-state index in [4.69, 9.17) is 11.5 Å². The average molecular weight is 481 g/mol. The number of nitrogens with one attached hydrogen (secondary N) is 4. The molecule has 2 aromatic heterocycles. The zero-order chi connectivity index (χ0) is 25.1. The molecule has 2 atom stereocenters. The fourth-order valence-corrected chi connectivity index (χ4v) is 4.40. The van der Waals surface area contributed by atoms with Crippen LogP contribution in [-0.2, 0) is 22.4 Å². The second-order valence-corrected chi connectivity index (χ2v) is 8.90. The molecule has 36 heavy (non-hydrogen) atoms. The van der Waals surface area contributed by atoms with E-state index < -0.39 is 12.1 Å². The molecule has 0 aliphatic heterocycles. The lowest BCUT2D eigenvalue weighted by atomic mass is 10.0. The molecule has 0 aliphatic rings. The minimum atomic E-state index is -0.730. The molecular formula is C28H28N6O2. The van der Waals surface area contributed by atoms with Gasteiger partial charge in [-0.3, -0.25) is 9.59 Å². The summed E-state index contributed by atoms with van der Waals surface area (Å²) in [5.74, 6) is -0.611. The predicted molar refractivity (Wildman–Crippen MR) is 144 cm³/mol. The Morgan fingerprint density at radius 1 is 0.667 bits per heavy atom. The maximum absolute atomic E-state index is 12.7. The van der Waals surface area contributed by atoms with Crippen molar-refractivity contribution < 1.29 is 9.59 Å². The largest absolute Gasteiger partial charge is 0.361 e. The van der Waals surface area contributed by atoms with E-state index in [0.29, 0.717) is 24.2 Å². The monoisotopic (exact) mass is 480 g/mol. The Morgan fingerprint density at radius 2 is 1.11 bits per heavy atom. The van der Waals surface area contributed by atoms with Gasteiger partial charge in [0.05, 0.1) is 12.1 Å². The lowest BCUT2D eigenvalue weighted by molar-refractivity contribution is -0.118. The lowest BCUT2D eigenvalue weighted by Gasteiger charge is -2.15. The number of H-pyrrole nitrogens is 2. The van der Waals surface area contributed by atoms with Crippen molar-refractivity contribution in [3.05, 3.63) is 96.3 Å². The molecule has 0 aliphatic carbocycles. The summed E-state index contributed by atoms with van der Waals surface area (Å²) in [6.07, 6.45) is 4.56. The van der Waals surface area contributed by atoms with Crippen LogP contribution < -0.4 is 22.1 Å². The molecule has 0 saturated carbocycles. The van der Waals surface area contributed by atoms with Crippen molar-refractivity contribution in [2.45, 2.75) is 24.9 Å². The summed E-state index contributed by atoms with van der Waals surface area (Å²) in [5.41, 5.74) is 17.4. The summed E-state index contributed by atoms with van der Waals surface area (Å²) in [5, 5.41) is 7.78. The summed E-state index contributed by atoms with van der Waals surface area (Å²) in [7, 11) is 0. The van der Waals surface area contributed by atoms with Crippen LogP contribution in [0.4, 0.5) is 11.4 Å². The van der Waals surface area contributed by atoms with Crippen LogP contribution in [0.25, 0.3) is 21.8 Å². The van der Waals surface area contributed by atoms with Crippen LogP contribution in [0.5, 0.6) is 0 Å². The Hall–Kier alpha value is -4.40. The zero-order valence-corrected chi connectivity index (χ0v) is 19.6. The third-order valence-corrected chi connectivity index (χ3v) is 6.30. The maximum atomic E-state index is 12.7. The number of amides is 2. The third kappa shape index (κ3) is 5.00. The molecule has 8 heteroatoms. The van der Waals surface area contributed by atoms with Gasteiger partial charge in [-0.15, -0.1) is 0 Å². The number of hydrogen-bond acceptors (Lipinski definition) is 4. The quantitative estimate of drug-likeness (QED) is 0.201. The number of hydrogen-bond donors (Lipinski definition) is 6. The standard InChI is InChI=1S/C28H28N6O2/c29-23(12-17-15-31-25-10-3-1-8-21(17)25)27(35)33-19-6-5-7-20(14-19)34-28(36)24(30)13-18-16-32-26-11-4-2-9-22(18)26/h1-11,14-16,23-24,31-32H,12-13,29-30H2,(H,33,35)(H,34,36)/t23-,24-/m0/s1. The molecule has 2 amide bonds. The van der Waals surface area contributed by atoms with E-state index in [-0.39, 0.29) is 11.8 Å². The van der Waals surface area contributed by atoms with E-state index in [1.807, 2.05) is 60.9 Å². The second kappa shape index (κ2) is 10.1. The zero-order valence-electron chi connectivity index (χ0n) is 19.6. The van der Waals surface area contributed by atoms with Crippen molar-refractivity contribution in [1.82, 2.24) is 9.97 Å². The van der Waals surface area contributed by atoms with E-state index in [9.17, 15) is 9.59 Å². The van der Waals surface area contributed by atoms with E-state index in [0.717, 1.165) is 32.9 Å². The van der Waals surface area contributed by atoms with E-state index >= 15 is 0 Å². The molecule has 0 bridgehead atoms. The lowest BCUT2D eigenvalue weighted by Crippen LogP contribution is -2.38. The van der Waals surface area contributed by atoms with E-state index in [1.54, 1.807) is 24.3 Å². The highest BCUT2D eigenvalue weighted by molar-refractivity contribution is 5.98. The normalized spacial score (nSPS) is 12.9. The highest BCUT2D eigenvalue weighted by Gasteiger charge is 2.18. The van der Waals surface area contributed by atoms with Gasteiger partial charge < -0.3 is 32.1 Å². The van der Waals surface area contributed by atoms with Crippen LogP contribution in [0, 0.1) is 0 Å². The fraction of sp³-hybridized carbons (Fsp3) is 0.143. The van der Waals surface area contributed by atoms with Gasteiger partial charge in [0.25, 0.3) is 0 Å². The molecule has 5 aromatic rings. The number of para-hydroxylation sites is 2. The molecule has 0 spiro atoms. The van der Waals surface area contributed by atoms with Gasteiger partial charge in [-0.1, -0.05) is 42.5 Å². The summed E-state index contributed by atoms with van der Waals surface area (Å²) in [6, 6.07) is 21.3. The Kier molecular flexibility index (Phi) is 6.53. The number of fused-ring (bicyclic) bond motifs is 2. The first-order chi connectivity index (χ1) is 17.5. The van der Waals surface area contributed by atoms with Gasteiger partial charge in [0.1, 0.15) is 0 Å². The molecule has 0 radical (unpaired) electrons. The summed E-state index contributed by atoms with van der Waals surface area (Å²) in [4.78, 5) is 31.9. The molecule has 182 valence electrons. The number of rotatable bonds is 8. The predicted octanol–water partition coefficient (Wildman–Crippen LogP) is 3.67. The number of aromatic nitrogens is 2. The first-order valence-electron chi connectivity index (χ1n) is 11.8. The first-order valence-corrected chi connectivity index (χ1v) is 11.8. The molecule has 5 rings (SSSR count). The topological polar surface area (TPSA) is 142 Å². The van der Waals surface area contributed by atoms with Crippen molar-refractivity contribution in [1.29, 1.82) is 0 Å². The highest BCUT2D eigenvalue weighted by Crippen LogP contribution is 2.21. The Labute approximate surface area is 208 Å². The summed E-state index contributed by atoms with van der Waals surface area (Å²) < 4.78 is 0. The van der Waals surface area contributed by atoms with Crippen LogP contribution in [0.2, 0.25) is 0 Å².